The van der Waals surface area contributed by atoms with Gasteiger partial charge in [-0.15, -0.1) is 11.3 Å². The molecule has 0 N–H and O–H groups in total. The maximum absolute atomic E-state index is 13.1. The number of hydrogen-bond acceptors (Lipinski definition) is 6. The molecule has 156 valence electrons. The number of carbonyl (C=O) groups excluding carboxylic acids is 2. The van der Waals surface area contributed by atoms with E-state index in [0.29, 0.717) is 33.3 Å². The van der Waals surface area contributed by atoms with E-state index < -0.39 is 0 Å². The Bertz CT molecular complexity index is 1240. The highest BCUT2D eigenvalue weighted by Gasteiger charge is 2.22. The lowest BCUT2D eigenvalue weighted by Gasteiger charge is -2.10. The third kappa shape index (κ3) is 4.15. The highest BCUT2D eigenvalue weighted by molar-refractivity contribution is 7.21. The van der Waals surface area contributed by atoms with Crippen LogP contribution in [0.25, 0.3) is 10.1 Å². The number of benzene rings is 3. The normalized spacial score (nSPS) is 10.6. The highest BCUT2D eigenvalue weighted by Crippen LogP contribution is 2.39. The lowest BCUT2D eigenvalue weighted by atomic mass is 10.1. The smallest absolute Gasteiger partial charge is 0.206 e. The minimum absolute atomic E-state index is 0.129. The van der Waals surface area contributed by atoms with E-state index in [0.717, 1.165) is 10.1 Å². The van der Waals surface area contributed by atoms with E-state index in [1.165, 1.54) is 25.6 Å². The standard InChI is InChI=1S/C25H20O5S/c1-28-20-13-12-17(14-21(20)29-2)19(26)15-30-24-18-10-6-7-11-22(18)31-25(24)23(27)16-8-4-3-5-9-16/h3-14H,15H2,1-2H3. The van der Waals surface area contributed by atoms with Gasteiger partial charge in [-0.05, 0) is 30.3 Å². The van der Waals surface area contributed by atoms with Crippen molar-refractivity contribution >= 4 is 33.0 Å². The van der Waals surface area contributed by atoms with E-state index >= 15 is 0 Å². The van der Waals surface area contributed by atoms with Gasteiger partial charge in [0.25, 0.3) is 0 Å². The molecule has 0 saturated carbocycles. The fraction of sp³-hybridized carbons (Fsp3) is 0.120. The number of methoxy groups -OCH3 is 2. The molecule has 4 rings (SSSR count). The molecular weight excluding hydrogens is 412 g/mol. The first-order valence-electron chi connectivity index (χ1n) is 9.61. The molecule has 0 atom stereocenters. The van der Waals surface area contributed by atoms with Gasteiger partial charge in [-0.1, -0.05) is 42.5 Å². The molecule has 0 aliphatic heterocycles. The Morgan fingerprint density at radius 1 is 0.806 bits per heavy atom. The molecule has 6 heteroatoms. The fourth-order valence-electron chi connectivity index (χ4n) is 3.27. The van der Waals surface area contributed by atoms with E-state index in [4.69, 9.17) is 14.2 Å². The number of hydrogen-bond donors (Lipinski definition) is 0. The average molecular weight is 432 g/mol. The van der Waals surface area contributed by atoms with Crippen molar-refractivity contribution in [3.8, 4) is 17.2 Å². The average Bonchev–Trinajstić information content (AvgIpc) is 3.20. The molecule has 0 spiro atoms. The molecule has 0 aliphatic carbocycles. The van der Waals surface area contributed by atoms with Gasteiger partial charge in [0.1, 0.15) is 10.6 Å². The van der Waals surface area contributed by atoms with Crippen LogP contribution in [-0.2, 0) is 0 Å². The van der Waals surface area contributed by atoms with Crippen LogP contribution in [0.15, 0.2) is 72.8 Å². The van der Waals surface area contributed by atoms with Crippen LogP contribution in [0.3, 0.4) is 0 Å². The molecule has 0 saturated heterocycles. The number of thiophene rings is 1. The van der Waals surface area contributed by atoms with Gasteiger partial charge < -0.3 is 14.2 Å². The van der Waals surface area contributed by atoms with Gasteiger partial charge >= 0.3 is 0 Å². The molecule has 0 unspecified atom stereocenters. The van der Waals surface area contributed by atoms with E-state index in [9.17, 15) is 9.59 Å². The Labute approximate surface area is 183 Å². The third-order valence-corrected chi connectivity index (χ3v) is 6.00. The molecule has 31 heavy (non-hydrogen) atoms. The summed E-state index contributed by atoms with van der Waals surface area (Å²) in [6, 6.07) is 21.6. The summed E-state index contributed by atoms with van der Waals surface area (Å²) in [7, 11) is 3.05. The van der Waals surface area contributed by atoms with Crippen LogP contribution in [0.2, 0.25) is 0 Å². The zero-order chi connectivity index (χ0) is 21.8. The second-order valence-electron chi connectivity index (χ2n) is 6.73. The van der Waals surface area contributed by atoms with Crippen LogP contribution in [0.1, 0.15) is 25.6 Å². The van der Waals surface area contributed by atoms with Gasteiger partial charge in [0.2, 0.25) is 5.78 Å². The lowest BCUT2D eigenvalue weighted by Crippen LogP contribution is -2.13. The van der Waals surface area contributed by atoms with Crippen molar-refractivity contribution in [3.05, 3.63) is 88.8 Å². The summed E-state index contributed by atoms with van der Waals surface area (Å²) < 4.78 is 17.4. The van der Waals surface area contributed by atoms with Crippen LogP contribution in [0, 0.1) is 0 Å². The second kappa shape index (κ2) is 9.02. The molecule has 0 aliphatic rings. The topological polar surface area (TPSA) is 61.8 Å². The molecule has 0 fully saturated rings. The predicted octanol–water partition coefficient (Wildman–Crippen LogP) is 5.41. The van der Waals surface area contributed by atoms with Crippen molar-refractivity contribution in [1.82, 2.24) is 0 Å². The molecule has 1 aromatic heterocycles. The van der Waals surface area contributed by atoms with Crippen molar-refractivity contribution in [1.29, 1.82) is 0 Å². The van der Waals surface area contributed by atoms with Crippen LogP contribution >= 0.6 is 11.3 Å². The van der Waals surface area contributed by atoms with Crippen LogP contribution < -0.4 is 14.2 Å². The minimum atomic E-state index is -0.227. The van der Waals surface area contributed by atoms with Crippen LogP contribution in [0.5, 0.6) is 17.2 Å². The van der Waals surface area contributed by atoms with Crippen LogP contribution in [-0.4, -0.2) is 32.4 Å². The van der Waals surface area contributed by atoms with E-state index in [1.54, 1.807) is 30.3 Å². The number of fused-ring (bicyclic) bond motifs is 1. The fourth-order valence-corrected chi connectivity index (χ4v) is 4.38. The summed E-state index contributed by atoms with van der Waals surface area (Å²) in [6.45, 7) is -0.203. The van der Waals surface area contributed by atoms with Gasteiger partial charge in [0.05, 0.1) is 14.2 Å². The van der Waals surface area contributed by atoms with E-state index in [1.807, 2.05) is 42.5 Å². The van der Waals surface area contributed by atoms with Crippen molar-refractivity contribution in [2.45, 2.75) is 0 Å². The Kier molecular flexibility index (Phi) is 6.00. The SMILES string of the molecule is COc1ccc(C(=O)COc2c(C(=O)c3ccccc3)sc3ccccc23)cc1OC. The number of ether oxygens (including phenoxy) is 3. The first kappa shape index (κ1) is 20.6. The molecule has 3 aromatic carbocycles. The largest absolute Gasteiger partial charge is 0.493 e. The number of Topliss-reactive ketones (excluding diaryl/α,β-unsaturated/α-hetero) is 1. The first-order chi connectivity index (χ1) is 15.1. The second-order valence-corrected chi connectivity index (χ2v) is 7.79. The minimum Gasteiger partial charge on any atom is -0.493 e. The van der Waals surface area contributed by atoms with E-state index in [-0.39, 0.29) is 18.2 Å². The number of ketones is 2. The first-order valence-corrected chi connectivity index (χ1v) is 10.4. The molecule has 0 radical (unpaired) electrons. The Morgan fingerprint density at radius 2 is 1.52 bits per heavy atom. The Hall–Kier alpha value is -3.64. The number of rotatable bonds is 8. The van der Waals surface area contributed by atoms with Crippen LogP contribution in [0.4, 0.5) is 0 Å². The van der Waals surface area contributed by atoms with Gasteiger partial charge in [-0.3, -0.25) is 9.59 Å². The van der Waals surface area contributed by atoms with Gasteiger partial charge in [0.15, 0.2) is 23.9 Å². The Morgan fingerprint density at radius 3 is 2.26 bits per heavy atom. The van der Waals surface area contributed by atoms with Gasteiger partial charge in [-0.2, -0.15) is 0 Å². The molecule has 0 bridgehead atoms. The molecule has 5 nitrogen and oxygen atoms in total. The molecule has 1 heterocycles. The zero-order valence-corrected chi connectivity index (χ0v) is 17.9. The van der Waals surface area contributed by atoms with Crippen molar-refractivity contribution in [2.24, 2.45) is 0 Å². The zero-order valence-electron chi connectivity index (χ0n) is 17.1. The summed E-state index contributed by atoms with van der Waals surface area (Å²) in [4.78, 5) is 26.4. The lowest BCUT2D eigenvalue weighted by molar-refractivity contribution is 0.0917. The quantitative estimate of drug-likeness (QED) is 0.348. The summed E-state index contributed by atoms with van der Waals surface area (Å²) in [6.07, 6.45) is 0. The molecule has 0 amide bonds. The Balaban J connectivity index is 1.64. The van der Waals surface area contributed by atoms with Gasteiger partial charge in [-0.25, -0.2) is 0 Å². The van der Waals surface area contributed by atoms with Gasteiger partial charge in [0, 0.05) is 21.2 Å². The summed E-state index contributed by atoms with van der Waals surface area (Å²) >= 11 is 1.36. The van der Waals surface area contributed by atoms with E-state index in [2.05, 4.69) is 0 Å². The maximum Gasteiger partial charge on any atom is 0.206 e. The summed E-state index contributed by atoms with van der Waals surface area (Å²) in [5, 5.41) is 0.812. The number of carbonyl (C=O) groups is 2. The summed E-state index contributed by atoms with van der Waals surface area (Å²) in [5.74, 6) is 1.09. The monoisotopic (exact) mass is 432 g/mol. The highest BCUT2D eigenvalue weighted by atomic mass is 32.1. The predicted molar refractivity (Wildman–Crippen MR) is 121 cm³/mol. The summed E-state index contributed by atoms with van der Waals surface area (Å²) in [5.41, 5.74) is 1.01. The maximum atomic E-state index is 13.1. The van der Waals surface area contributed by atoms with Crippen molar-refractivity contribution < 1.29 is 23.8 Å². The molecule has 4 aromatic rings. The van der Waals surface area contributed by atoms with Crippen molar-refractivity contribution in [2.75, 3.05) is 20.8 Å². The van der Waals surface area contributed by atoms with Crippen molar-refractivity contribution in [3.63, 3.8) is 0 Å². The third-order valence-electron chi connectivity index (χ3n) is 4.85. The molecular formula is C25H20O5S.